The van der Waals surface area contributed by atoms with Crippen molar-refractivity contribution in [3.63, 3.8) is 0 Å². The van der Waals surface area contributed by atoms with Crippen molar-refractivity contribution in [2.45, 2.75) is 6.54 Å². The first-order valence-electron chi connectivity index (χ1n) is 5.01. The first kappa shape index (κ1) is 12.6. The minimum atomic E-state index is 0.0207. The molecular formula is C11H11Br2N3O. The molecule has 1 heterocycles. The van der Waals surface area contributed by atoms with E-state index in [0.717, 1.165) is 20.2 Å². The van der Waals surface area contributed by atoms with Crippen molar-refractivity contribution < 1.29 is 5.11 Å². The summed E-state index contributed by atoms with van der Waals surface area (Å²) >= 11 is 6.89. The molecular weight excluding hydrogens is 350 g/mol. The Bertz CT molecular complexity index is 540. The Balaban J connectivity index is 2.42. The molecule has 0 radical (unpaired) electrons. The lowest BCUT2D eigenvalue weighted by molar-refractivity contribution is 0.270. The molecule has 3 N–H and O–H groups in total. The normalized spacial score (nSPS) is 10.8. The highest BCUT2D eigenvalue weighted by Gasteiger charge is 2.10. The van der Waals surface area contributed by atoms with E-state index in [-0.39, 0.29) is 6.61 Å². The largest absolute Gasteiger partial charge is 0.394 e. The third-order valence-corrected chi connectivity index (χ3v) is 3.48. The van der Waals surface area contributed by atoms with Gasteiger partial charge < -0.3 is 10.8 Å². The van der Waals surface area contributed by atoms with Gasteiger partial charge in [-0.15, -0.1) is 0 Å². The number of rotatable bonds is 3. The van der Waals surface area contributed by atoms with E-state index in [4.69, 9.17) is 10.8 Å². The van der Waals surface area contributed by atoms with E-state index < -0.39 is 0 Å². The molecule has 0 atom stereocenters. The van der Waals surface area contributed by atoms with Crippen molar-refractivity contribution in [1.82, 2.24) is 9.78 Å². The SMILES string of the molecule is Nc1cc(-c2ccc(Br)cc2Br)nn1CCO. The molecule has 0 spiro atoms. The van der Waals surface area contributed by atoms with Crippen LogP contribution < -0.4 is 5.73 Å². The Morgan fingerprint density at radius 1 is 1.29 bits per heavy atom. The van der Waals surface area contributed by atoms with Gasteiger partial charge in [-0.2, -0.15) is 5.10 Å². The van der Waals surface area contributed by atoms with Crippen LogP contribution in [0.4, 0.5) is 5.82 Å². The Labute approximate surface area is 116 Å². The molecule has 0 aliphatic heterocycles. The molecule has 90 valence electrons. The predicted molar refractivity (Wildman–Crippen MR) is 74.6 cm³/mol. The maximum absolute atomic E-state index is 8.88. The van der Waals surface area contributed by atoms with Gasteiger partial charge in [0.2, 0.25) is 0 Å². The van der Waals surface area contributed by atoms with Gasteiger partial charge in [0.1, 0.15) is 5.82 Å². The van der Waals surface area contributed by atoms with E-state index in [1.165, 1.54) is 0 Å². The van der Waals surface area contributed by atoms with Gasteiger partial charge in [0.15, 0.2) is 0 Å². The predicted octanol–water partition coefficient (Wildman–Crippen LogP) is 2.65. The molecule has 0 aliphatic carbocycles. The van der Waals surface area contributed by atoms with Crippen molar-refractivity contribution in [3.8, 4) is 11.3 Å². The number of anilines is 1. The van der Waals surface area contributed by atoms with E-state index in [0.29, 0.717) is 12.4 Å². The molecule has 0 bridgehead atoms. The molecule has 6 heteroatoms. The van der Waals surface area contributed by atoms with Crippen LogP contribution in [0, 0.1) is 0 Å². The Morgan fingerprint density at radius 3 is 2.71 bits per heavy atom. The van der Waals surface area contributed by atoms with Crippen LogP contribution in [0.5, 0.6) is 0 Å². The number of aliphatic hydroxyl groups is 1. The molecule has 2 rings (SSSR count). The van der Waals surface area contributed by atoms with E-state index >= 15 is 0 Å². The molecule has 0 saturated heterocycles. The van der Waals surface area contributed by atoms with Crippen LogP contribution in [0.3, 0.4) is 0 Å². The van der Waals surface area contributed by atoms with E-state index in [1.807, 2.05) is 18.2 Å². The second-order valence-electron chi connectivity index (χ2n) is 3.53. The summed E-state index contributed by atoms with van der Waals surface area (Å²) in [4.78, 5) is 0. The number of nitrogens with zero attached hydrogens (tertiary/aromatic N) is 2. The number of nitrogen functional groups attached to an aromatic ring is 1. The Hall–Kier alpha value is -0.850. The molecule has 0 aliphatic rings. The summed E-state index contributed by atoms with van der Waals surface area (Å²) in [7, 11) is 0. The Morgan fingerprint density at radius 2 is 2.06 bits per heavy atom. The highest BCUT2D eigenvalue weighted by Crippen LogP contribution is 2.30. The molecule has 4 nitrogen and oxygen atoms in total. The first-order chi connectivity index (χ1) is 8.11. The van der Waals surface area contributed by atoms with Gasteiger partial charge in [0.05, 0.1) is 18.8 Å². The number of aromatic nitrogens is 2. The number of hydrogen-bond donors (Lipinski definition) is 2. The third kappa shape index (κ3) is 2.70. The summed E-state index contributed by atoms with van der Waals surface area (Å²) < 4.78 is 3.53. The number of halogens is 2. The van der Waals surface area contributed by atoms with Crippen LogP contribution in [0.2, 0.25) is 0 Å². The van der Waals surface area contributed by atoms with Gasteiger partial charge in [0, 0.05) is 20.6 Å². The van der Waals surface area contributed by atoms with Crippen molar-refractivity contribution in [3.05, 3.63) is 33.2 Å². The van der Waals surface area contributed by atoms with Crippen molar-refractivity contribution in [2.24, 2.45) is 0 Å². The fourth-order valence-corrected chi connectivity index (χ4v) is 2.78. The summed E-state index contributed by atoms with van der Waals surface area (Å²) in [6, 6.07) is 7.65. The number of nitrogens with two attached hydrogens (primary N) is 1. The summed E-state index contributed by atoms with van der Waals surface area (Å²) in [6.07, 6.45) is 0. The van der Waals surface area contributed by atoms with Crippen LogP contribution in [-0.4, -0.2) is 21.5 Å². The van der Waals surface area contributed by atoms with Crippen molar-refractivity contribution in [2.75, 3.05) is 12.3 Å². The van der Waals surface area contributed by atoms with E-state index in [1.54, 1.807) is 10.7 Å². The fraction of sp³-hybridized carbons (Fsp3) is 0.182. The highest BCUT2D eigenvalue weighted by molar-refractivity contribution is 9.11. The highest BCUT2D eigenvalue weighted by atomic mass is 79.9. The molecule has 1 aromatic heterocycles. The van der Waals surface area contributed by atoms with Gasteiger partial charge in [-0.25, -0.2) is 4.68 Å². The van der Waals surface area contributed by atoms with Crippen LogP contribution in [0.25, 0.3) is 11.3 Å². The molecule has 2 aromatic rings. The topological polar surface area (TPSA) is 64.1 Å². The summed E-state index contributed by atoms with van der Waals surface area (Å²) in [6.45, 7) is 0.423. The van der Waals surface area contributed by atoms with Gasteiger partial charge >= 0.3 is 0 Å². The molecule has 0 fully saturated rings. The zero-order chi connectivity index (χ0) is 12.4. The van der Waals surface area contributed by atoms with E-state index in [9.17, 15) is 0 Å². The lowest BCUT2D eigenvalue weighted by atomic mass is 10.1. The summed E-state index contributed by atoms with van der Waals surface area (Å²) in [5, 5.41) is 13.2. The minimum Gasteiger partial charge on any atom is -0.394 e. The fourth-order valence-electron chi connectivity index (χ4n) is 1.53. The number of hydrogen-bond acceptors (Lipinski definition) is 3. The molecule has 0 saturated carbocycles. The maximum Gasteiger partial charge on any atom is 0.122 e. The minimum absolute atomic E-state index is 0.0207. The lowest BCUT2D eigenvalue weighted by Crippen LogP contribution is -2.07. The third-order valence-electron chi connectivity index (χ3n) is 2.33. The lowest BCUT2D eigenvalue weighted by Gasteiger charge is -2.02. The van der Waals surface area contributed by atoms with Gasteiger partial charge in [0.25, 0.3) is 0 Å². The summed E-state index contributed by atoms with van der Waals surface area (Å²) in [5.74, 6) is 0.545. The second-order valence-corrected chi connectivity index (χ2v) is 5.30. The van der Waals surface area contributed by atoms with Crippen LogP contribution in [0.15, 0.2) is 33.2 Å². The summed E-state index contributed by atoms with van der Waals surface area (Å²) in [5.41, 5.74) is 7.57. The molecule has 1 aromatic carbocycles. The zero-order valence-electron chi connectivity index (χ0n) is 8.90. The van der Waals surface area contributed by atoms with Crippen LogP contribution >= 0.6 is 31.9 Å². The van der Waals surface area contributed by atoms with Crippen LogP contribution in [-0.2, 0) is 6.54 Å². The Kier molecular flexibility index (Phi) is 3.86. The number of aliphatic hydroxyl groups excluding tert-OH is 1. The van der Waals surface area contributed by atoms with Gasteiger partial charge in [-0.1, -0.05) is 37.9 Å². The quantitative estimate of drug-likeness (QED) is 0.884. The number of benzene rings is 1. The molecule has 0 amide bonds. The second kappa shape index (κ2) is 5.20. The standard InChI is InChI=1S/C11H11Br2N3O/c12-7-1-2-8(9(13)5-7)10-6-11(14)16(15-10)3-4-17/h1-2,5-6,17H,3-4,14H2. The zero-order valence-corrected chi connectivity index (χ0v) is 12.1. The maximum atomic E-state index is 8.88. The average Bonchev–Trinajstić information content (AvgIpc) is 2.60. The van der Waals surface area contributed by atoms with Crippen molar-refractivity contribution >= 4 is 37.7 Å². The van der Waals surface area contributed by atoms with Gasteiger partial charge in [-0.3, -0.25) is 0 Å². The smallest absolute Gasteiger partial charge is 0.122 e. The first-order valence-corrected chi connectivity index (χ1v) is 6.60. The molecule has 17 heavy (non-hydrogen) atoms. The monoisotopic (exact) mass is 359 g/mol. The average molecular weight is 361 g/mol. The van der Waals surface area contributed by atoms with E-state index in [2.05, 4.69) is 37.0 Å². The van der Waals surface area contributed by atoms with Crippen LogP contribution in [0.1, 0.15) is 0 Å². The van der Waals surface area contributed by atoms with Gasteiger partial charge in [-0.05, 0) is 12.1 Å². The van der Waals surface area contributed by atoms with Crippen molar-refractivity contribution in [1.29, 1.82) is 0 Å². The molecule has 0 unspecified atom stereocenters.